The Morgan fingerprint density at radius 1 is 1.08 bits per heavy atom. The van der Waals surface area contributed by atoms with E-state index in [-0.39, 0.29) is 0 Å². The van der Waals surface area contributed by atoms with E-state index < -0.39 is 0 Å². The van der Waals surface area contributed by atoms with Crippen LogP contribution in [0.15, 0.2) is 42.5 Å². The largest absolute Gasteiger partial charge is 0.354 e. The summed E-state index contributed by atoms with van der Waals surface area (Å²) in [6.07, 6.45) is 4.45. The van der Waals surface area contributed by atoms with Gasteiger partial charge in [-0.05, 0) is 80.0 Å². The van der Waals surface area contributed by atoms with Crippen LogP contribution in [0.3, 0.4) is 0 Å². The van der Waals surface area contributed by atoms with Gasteiger partial charge in [0.1, 0.15) is 0 Å². The zero-order valence-corrected chi connectivity index (χ0v) is 15.7. The standard InChI is InChI=1S/C23H30N2/c1-4-17(3)18-11-12-22-21(15-18)20(10-5-6-13-24)23(25-22)19-9-7-8-16(2)14-19/h7-9,11-12,14-15,17,25H,4-6,10,13,24H2,1-3H3. The average Bonchev–Trinajstić information content (AvgIpc) is 2.99. The first kappa shape index (κ1) is 17.8. The van der Waals surface area contributed by atoms with Crippen LogP contribution in [-0.4, -0.2) is 11.5 Å². The lowest BCUT2D eigenvalue weighted by Crippen LogP contribution is -1.99. The van der Waals surface area contributed by atoms with Gasteiger partial charge in [0.15, 0.2) is 0 Å². The Morgan fingerprint density at radius 2 is 1.92 bits per heavy atom. The van der Waals surface area contributed by atoms with E-state index in [1.165, 1.54) is 45.3 Å². The molecule has 1 unspecified atom stereocenters. The Kier molecular flexibility index (Phi) is 5.60. The number of H-pyrrole nitrogens is 1. The predicted molar refractivity (Wildman–Crippen MR) is 109 cm³/mol. The molecule has 0 aliphatic rings. The second-order valence-corrected chi connectivity index (χ2v) is 7.21. The molecule has 132 valence electrons. The Morgan fingerprint density at radius 3 is 2.64 bits per heavy atom. The summed E-state index contributed by atoms with van der Waals surface area (Å²) in [6.45, 7) is 7.48. The van der Waals surface area contributed by atoms with Gasteiger partial charge in [0.2, 0.25) is 0 Å². The number of nitrogens with two attached hydrogens (primary N) is 1. The van der Waals surface area contributed by atoms with Gasteiger partial charge in [-0.2, -0.15) is 0 Å². The van der Waals surface area contributed by atoms with Crippen molar-refractivity contribution in [1.29, 1.82) is 0 Å². The van der Waals surface area contributed by atoms with Crippen molar-refractivity contribution in [2.24, 2.45) is 5.73 Å². The van der Waals surface area contributed by atoms with E-state index in [1.807, 2.05) is 0 Å². The lowest BCUT2D eigenvalue weighted by atomic mass is 9.94. The highest BCUT2D eigenvalue weighted by Crippen LogP contribution is 2.34. The fourth-order valence-corrected chi connectivity index (χ4v) is 3.56. The number of fused-ring (bicyclic) bond motifs is 1. The molecule has 1 aromatic heterocycles. The molecular weight excluding hydrogens is 304 g/mol. The van der Waals surface area contributed by atoms with Crippen molar-refractivity contribution in [1.82, 2.24) is 4.98 Å². The molecule has 0 aliphatic carbocycles. The molecule has 0 amide bonds. The summed E-state index contributed by atoms with van der Waals surface area (Å²) in [6, 6.07) is 15.7. The van der Waals surface area contributed by atoms with Crippen molar-refractivity contribution >= 4 is 10.9 Å². The van der Waals surface area contributed by atoms with Gasteiger partial charge >= 0.3 is 0 Å². The number of hydrogen-bond acceptors (Lipinski definition) is 1. The first-order chi connectivity index (χ1) is 12.1. The maximum atomic E-state index is 5.72. The molecule has 3 rings (SSSR count). The number of nitrogens with one attached hydrogen (secondary N) is 1. The topological polar surface area (TPSA) is 41.8 Å². The van der Waals surface area contributed by atoms with Gasteiger partial charge in [0.25, 0.3) is 0 Å². The maximum Gasteiger partial charge on any atom is 0.0497 e. The fourth-order valence-electron chi connectivity index (χ4n) is 3.56. The number of benzene rings is 2. The van der Waals surface area contributed by atoms with Crippen molar-refractivity contribution in [2.45, 2.75) is 52.4 Å². The van der Waals surface area contributed by atoms with E-state index in [4.69, 9.17) is 5.73 Å². The van der Waals surface area contributed by atoms with Gasteiger partial charge < -0.3 is 10.7 Å². The number of aryl methyl sites for hydroxylation is 2. The van der Waals surface area contributed by atoms with Gasteiger partial charge in [-0.15, -0.1) is 0 Å². The molecule has 2 aromatic carbocycles. The Balaban J connectivity index is 2.12. The summed E-state index contributed by atoms with van der Waals surface area (Å²) < 4.78 is 0. The van der Waals surface area contributed by atoms with E-state index in [1.54, 1.807) is 0 Å². The van der Waals surface area contributed by atoms with Gasteiger partial charge in [-0.1, -0.05) is 43.7 Å². The molecule has 2 nitrogen and oxygen atoms in total. The Hall–Kier alpha value is -2.06. The van der Waals surface area contributed by atoms with Crippen molar-refractivity contribution in [3.05, 3.63) is 59.2 Å². The van der Waals surface area contributed by atoms with Crippen LogP contribution in [0.4, 0.5) is 0 Å². The summed E-state index contributed by atoms with van der Waals surface area (Å²) in [5.41, 5.74) is 13.7. The SMILES string of the molecule is CCC(C)c1ccc2[nH]c(-c3cccc(C)c3)c(CCCCN)c2c1. The predicted octanol–water partition coefficient (Wildman–Crippen LogP) is 5.94. The fraction of sp³-hybridized carbons (Fsp3) is 0.391. The number of aromatic amines is 1. The van der Waals surface area contributed by atoms with Crippen LogP contribution in [0.1, 0.15) is 55.7 Å². The third-order valence-corrected chi connectivity index (χ3v) is 5.30. The molecule has 0 aliphatic heterocycles. The summed E-state index contributed by atoms with van der Waals surface area (Å²) in [5, 5.41) is 1.38. The van der Waals surface area contributed by atoms with Crippen molar-refractivity contribution in [2.75, 3.05) is 6.54 Å². The molecule has 0 saturated heterocycles. The van der Waals surface area contributed by atoms with Crippen molar-refractivity contribution in [3.63, 3.8) is 0 Å². The van der Waals surface area contributed by atoms with Crippen LogP contribution in [-0.2, 0) is 6.42 Å². The number of rotatable bonds is 7. The number of hydrogen-bond donors (Lipinski definition) is 2. The van der Waals surface area contributed by atoms with Crippen LogP contribution in [0.5, 0.6) is 0 Å². The Labute approximate surface area is 151 Å². The monoisotopic (exact) mass is 334 g/mol. The highest BCUT2D eigenvalue weighted by molar-refractivity contribution is 5.91. The van der Waals surface area contributed by atoms with E-state index >= 15 is 0 Å². The molecule has 0 fully saturated rings. The molecule has 3 N–H and O–H groups in total. The van der Waals surface area contributed by atoms with Crippen LogP contribution in [0, 0.1) is 6.92 Å². The molecule has 0 saturated carbocycles. The first-order valence-corrected chi connectivity index (χ1v) is 9.55. The second kappa shape index (κ2) is 7.88. The molecular formula is C23H30N2. The first-order valence-electron chi connectivity index (χ1n) is 9.55. The molecule has 3 aromatic rings. The number of aromatic nitrogens is 1. The van der Waals surface area contributed by atoms with Crippen LogP contribution in [0.25, 0.3) is 22.2 Å². The highest BCUT2D eigenvalue weighted by atomic mass is 14.7. The summed E-state index contributed by atoms with van der Waals surface area (Å²) >= 11 is 0. The average molecular weight is 335 g/mol. The normalized spacial score (nSPS) is 12.6. The van der Waals surface area contributed by atoms with Crippen molar-refractivity contribution in [3.8, 4) is 11.3 Å². The van der Waals surface area contributed by atoms with Gasteiger partial charge in [0.05, 0.1) is 0 Å². The van der Waals surface area contributed by atoms with E-state index in [0.717, 1.165) is 25.8 Å². The van der Waals surface area contributed by atoms with Crippen molar-refractivity contribution < 1.29 is 0 Å². The minimum atomic E-state index is 0.596. The molecule has 0 bridgehead atoms. The molecule has 0 radical (unpaired) electrons. The third-order valence-electron chi connectivity index (χ3n) is 5.30. The molecule has 2 heteroatoms. The quantitative estimate of drug-likeness (QED) is 0.516. The zero-order chi connectivity index (χ0) is 17.8. The number of unbranched alkanes of at least 4 members (excludes halogenated alkanes) is 1. The van der Waals surface area contributed by atoms with E-state index in [0.29, 0.717) is 5.92 Å². The summed E-state index contributed by atoms with van der Waals surface area (Å²) in [7, 11) is 0. The molecule has 1 atom stereocenters. The minimum Gasteiger partial charge on any atom is -0.354 e. The summed E-state index contributed by atoms with van der Waals surface area (Å²) in [5.74, 6) is 0.596. The zero-order valence-electron chi connectivity index (χ0n) is 15.7. The van der Waals surface area contributed by atoms with Gasteiger partial charge in [0, 0.05) is 16.6 Å². The van der Waals surface area contributed by atoms with Crippen LogP contribution < -0.4 is 5.73 Å². The lowest BCUT2D eigenvalue weighted by molar-refractivity contribution is 0.734. The smallest absolute Gasteiger partial charge is 0.0497 e. The maximum absolute atomic E-state index is 5.72. The lowest BCUT2D eigenvalue weighted by Gasteiger charge is -2.10. The third kappa shape index (κ3) is 3.80. The second-order valence-electron chi connectivity index (χ2n) is 7.21. The molecule has 25 heavy (non-hydrogen) atoms. The van der Waals surface area contributed by atoms with Gasteiger partial charge in [-0.25, -0.2) is 0 Å². The van der Waals surface area contributed by atoms with E-state index in [2.05, 4.69) is 68.2 Å². The Bertz CT molecular complexity index is 844. The summed E-state index contributed by atoms with van der Waals surface area (Å²) in [4.78, 5) is 3.69. The van der Waals surface area contributed by atoms with Crippen LogP contribution in [0.2, 0.25) is 0 Å². The van der Waals surface area contributed by atoms with E-state index in [9.17, 15) is 0 Å². The van der Waals surface area contributed by atoms with Crippen LogP contribution >= 0.6 is 0 Å². The highest BCUT2D eigenvalue weighted by Gasteiger charge is 2.15. The minimum absolute atomic E-state index is 0.596. The molecule has 0 spiro atoms. The molecule has 1 heterocycles. The van der Waals surface area contributed by atoms with Gasteiger partial charge in [-0.3, -0.25) is 0 Å².